The van der Waals surface area contributed by atoms with Gasteiger partial charge in [0.05, 0.1) is 23.3 Å². The molecule has 0 fully saturated rings. The lowest BCUT2D eigenvalue weighted by molar-refractivity contribution is 0.198. The van der Waals surface area contributed by atoms with E-state index in [1.165, 1.54) is 19.2 Å². The molecule has 0 radical (unpaired) electrons. The van der Waals surface area contributed by atoms with E-state index in [2.05, 4.69) is 45.1 Å². The van der Waals surface area contributed by atoms with Crippen LogP contribution in [0.1, 0.15) is 23.1 Å². The van der Waals surface area contributed by atoms with Crippen molar-refractivity contribution in [2.75, 3.05) is 50.3 Å². The molecule has 0 unspecified atom stereocenters. The van der Waals surface area contributed by atoms with Gasteiger partial charge in [-0.25, -0.2) is 21.8 Å². The van der Waals surface area contributed by atoms with Gasteiger partial charge in [0.15, 0.2) is 25.5 Å². The molecule has 0 bridgehead atoms. The van der Waals surface area contributed by atoms with Gasteiger partial charge in [-0.15, -0.1) is 10.2 Å². The highest BCUT2D eigenvalue weighted by molar-refractivity contribution is 7.94. The van der Waals surface area contributed by atoms with E-state index in [9.17, 15) is 22.1 Å². The maximum absolute atomic E-state index is 12.3. The SMILES string of the molecule is C=CS(=O)(=O)CCNc1nc(NCCCOC)c(C#N)c(C)c1N=Nc1cc(C)c(S(=O)(=O)C=C)cc1OC. The van der Waals surface area contributed by atoms with Crippen LogP contribution >= 0.6 is 0 Å². The zero-order chi connectivity index (χ0) is 29.2. The Bertz CT molecular complexity index is 1510. The molecule has 14 heteroatoms. The quantitative estimate of drug-likeness (QED) is 0.229. The van der Waals surface area contributed by atoms with Crippen molar-refractivity contribution in [1.29, 1.82) is 5.26 Å². The molecule has 2 N–H and O–H groups in total. The van der Waals surface area contributed by atoms with Gasteiger partial charge in [0.25, 0.3) is 0 Å². The number of pyridine rings is 1. The van der Waals surface area contributed by atoms with Gasteiger partial charge in [-0.3, -0.25) is 0 Å². The maximum atomic E-state index is 12.3. The van der Waals surface area contributed by atoms with Crippen molar-refractivity contribution in [1.82, 2.24) is 4.98 Å². The fourth-order valence-corrected chi connectivity index (χ4v) is 4.93. The summed E-state index contributed by atoms with van der Waals surface area (Å²) in [5.74, 6) is 0.409. The number of aryl methyl sites for hydroxylation is 1. The number of aromatic nitrogens is 1. The molecule has 12 nitrogen and oxygen atoms in total. The summed E-state index contributed by atoms with van der Waals surface area (Å²) in [6, 6.07) is 4.96. The lowest BCUT2D eigenvalue weighted by Crippen LogP contribution is -2.16. The van der Waals surface area contributed by atoms with Crippen molar-refractivity contribution in [2.24, 2.45) is 10.2 Å². The van der Waals surface area contributed by atoms with E-state index in [-0.39, 0.29) is 45.7 Å². The number of nitrogens with zero attached hydrogens (tertiary/aromatic N) is 4. The first kappa shape index (κ1) is 31.4. The van der Waals surface area contributed by atoms with Crippen molar-refractivity contribution in [2.45, 2.75) is 25.2 Å². The van der Waals surface area contributed by atoms with E-state index in [0.29, 0.717) is 36.5 Å². The van der Waals surface area contributed by atoms with E-state index in [1.807, 2.05) is 0 Å². The predicted molar refractivity (Wildman–Crippen MR) is 150 cm³/mol. The smallest absolute Gasteiger partial charge is 0.199 e. The fraction of sp³-hybridized carbons (Fsp3) is 0.360. The number of hydrogen-bond acceptors (Lipinski definition) is 12. The van der Waals surface area contributed by atoms with Crippen molar-refractivity contribution in [3.63, 3.8) is 0 Å². The van der Waals surface area contributed by atoms with Crippen LogP contribution in [0.4, 0.5) is 23.0 Å². The van der Waals surface area contributed by atoms with Gasteiger partial charge in [-0.2, -0.15) is 5.26 Å². The van der Waals surface area contributed by atoms with Gasteiger partial charge in [-0.05, 0) is 31.9 Å². The van der Waals surface area contributed by atoms with Crippen LogP contribution in [-0.2, 0) is 24.4 Å². The second kappa shape index (κ2) is 13.8. The molecule has 2 aromatic rings. The number of anilines is 2. The number of ether oxygens (including phenoxy) is 2. The van der Waals surface area contributed by atoms with Gasteiger partial charge in [0, 0.05) is 49.3 Å². The zero-order valence-electron chi connectivity index (χ0n) is 22.3. The Hall–Kier alpha value is -3.80. The molecule has 0 aliphatic heterocycles. The second-order valence-electron chi connectivity index (χ2n) is 8.20. The van der Waals surface area contributed by atoms with Crippen LogP contribution in [-0.4, -0.2) is 61.5 Å². The number of sulfone groups is 2. The van der Waals surface area contributed by atoms with Crippen LogP contribution in [0.15, 0.2) is 51.2 Å². The van der Waals surface area contributed by atoms with E-state index in [0.717, 1.165) is 10.8 Å². The van der Waals surface area contributed by atoms with Crippen molar-refractivity contribution < 1.29 is 26.3 Å². The van der Waals surface area contributed by atoms with Gasteiger partial charge in [0.1, 0.15) is 29.0 Å². The van der Waals surface area contributed by atoms with Gasteiger partial charge in [0.2, 0.25) is 0 Å². The highest BCUT2D eigenvalue weighted by Crippen LogP contribution is 2.38. The first-order chi connectivity index (χ1) is 18.4. The molecule has 0 aliphatic carbocycles. The molecule has 2 rings (SSSR count). The number of hydrogen-bond donors (Lipinski definition) is 2. The average Bonchev–Trinajstić information content (AvgIpc) is 2.90. The van der Waals surface area contributed by atoms with Gasteiger partial charge < -0.3 is 20.1 Å². The van der Waals surface area contributed by atoms with Crippen molar-refractivity contribution in [3.8, 4) is 11.8 Å². The minimum atomic E-state index is -3.72. The van der Waals surface area contributed by atoms with E-state index in [4.69, 9.17) is 9.47 Å². The topological polar surface area (TPSA) is 172 Å². The summed E-state index contributed by atoms with van der Waals surface area (Å²) in [5, 5.41) is 26.2. The van der Waals surface area contributed by atoms with E-state index < -0.39 is 19.7 Å². The Kier molecular flexibility index (Phi) is 11.1. The summed E-state index contributed by atoms with van der Waals surface area (Å²) in [4.78, 5) is 4.52. The lowest BCUT2D eigenvalue weighted by atomic mass is 10.1. The normalized spacial score (nSPS) is 11.7. The number of methoxy groups -OCH3 is 2. The van der Waals surface area contributed by atoms with Gasteiger partial charge in [-0.1, -0.05) is 13.2 Å². The van der Waals surface area contributed by atoms with Crippen molar-refractivity contribution >= 4 is 42.7 Å². The van der Waals surface area contributed by atoms with E-state index >= 15 is 0 Å². The highest BCUT2D eigenvalue weighted by Gasteiger charge is 2.20. The van der Waals surface area contributed by atoms with Crippen LogP contribution in [0, 0.1) is 25.2 Å². The molecule has 0 spiro atoms. The Morgan fingerprint density at radius 1 is 1.05 bits per heavy atom. The Morgan fingerprint density at radius 2 is 1.74 bits per heavy atom. The van der Waals surface area contributed by atoms with Crippen LogP contribution in [0.3, 0.4) is 0 Å². The first-order valence-electron chi connectivity index (χ1n) is 11.7. The molecular formula is C25H32N6O6S2. The highest BCUT2D eigenvalue weighted by atomic mass is 32.2. The average molecular weight is 577 g/mol. The molecule has 210 valence electrons. The molecule has 0 saturated carbocycles. The Labute approximate surface area is 229 Å². The molecule has 1 aromatic carbocycles. The molecule has 0 amide bonds. The number of rotatable bonds is 15. The number of nitrogens with one attached hydrogen (secondary N) is 2. The number of benzene rings is 1. The summed E-state index contributed by atoms with van der Waals surface area (Å²) in [5.41, 5.74) is 1.52. The molecule has 39 heavy (non-hydrogen) atoms. The molecule has 1 heterocycles. The summed E-state index contributed by atoms with van der Waals surface area (Å²) < 4.78 is 58.9. The fourth-order valence-electron chi connectivity index (χ4n) is 3.42. The molecular weight excluding hydrogens is 544 g/mol. The summed E-state index contributed by atoms with van der Waals surface area (Å²) in [6.07, 6.45) is 0.667. The molecule has 0 saturated heterocycles. The Morgan fingerprint density at radius 3 is 2.33 bits per heavy atom. The number of nitriles is 1. The first-order valence-corrected chi connectivity index (χ1v) is 14.9. The lowest BCUT2D eigenvalue weighted by Gasteiger charge is -2.16. The van der Waals surface area contributed by atoms with E-state index in [1.54, 1.807) is 21.0 Å². The third-order valence-electron chi connectivity index (χ3n) is 5.54. The summed E-state index contributed by atoms with van der Waals surface area (Å²) in [7, 11) is -4.25. The summed E-state index contributed by atoms with van der Waals surface area (Å²) >= 11 is 0. The number of azo groups is 1. The molecule has 0 aliphatic rings. The largest absolute Gasteiger partial charge is 0.494 e. The monoisotopic (exact) mass is 576 g/mol. The predicted octanol–water partition coefficient (Wildman–Crippen LogP) is 4.33. The van der Waals surface area contributed by atoms with Crippen molar-refractivity contribution in [3.05, 3.63) is 52.8 Å². The second-order valence-corrected chi connectivity index (χ2v) is 12.1. The van der Waals surface area contributed by atoms with Crippen LogP contribution in [0.2, 0.25) is 0 Å². The summed E-state index contributed by atoms with van der Waals surface area (Å²) in [6.45, 7) is 10.9. The van der Waals surface area contributed by atoms with Crippen LogP contribution in [0.25, 0.3) is 0 Å². The Balaban J connectivity index is 2.61. The minimum Gasteiger partial charge on any atom is -0.494 e. The minimum absolute atomic E-state index is 0.00509. The molecule has 1 aromatic heterocycles. The standard InChI is InChI=1S/C25H32N6O6S2/c1-7-38(32,33)13-11-28-25-23(18(4)19(16-26)24(29-25)27-10-9-12-36-5)31-30-20-14-17(3)22(15-21(20)37-6)39(34,35)8-2/h7-8,14-15H,1-2,9-13H2,3-6H3,(H2,27,28,29). The van der Waals surface area contributed by atoms with Crippen LogP contribution in [0.5, 0.6) is 5.75 Å². The van der Waals surface area contributed by atoms with Crippen LogP contribution < -0.4 is 15.4 Å². The third-order valence-corrected chi connectivity index (χ3v) is 8.31. The third kappa shape index (κ3) is 8.09. The maximum Gasteiger partial charge on any atom is 0.199 e. The molecule has 0 atom stereocenters. The van der Waals surface area contributed by atoms with Gasteiger partial charge >= 0.3 is 0 Å². The zero-order valence-corrected chi connectivity index (χ0v) is 23.9.